The van der Waals surface area contributed by atoms with Crippen molar-refractivity contribution in [1.29, 1.82) is 5.26 Å². The SMILES string of the molecule is CCCC1CC(O)(C2(C#N)CCOC2)CCO1. The Bertz CT molecular complexity index is 304. The van der Waals surface area contributed by atoms with Gasteiger partial charge in [0.05, 0.1) is 24.4 Å². The van der Waals surface area contributed by atoms with Crippen LogP contribution in [-0.4, -0.2) is 36.6 Å². The largest absolute Gasteiger partial charge is 0.388 e. The minimum Gasteiger partial charge on any atom is -0.388 e. The molecule has 2 aliphatic heterocycles. The van der Waals surface area contributed by atoms with Crippen molar-refractivity contribution < 1.29 is 14.6 Å². The van der Waals surface area contributed by atoms with Crippen LogP contribution in [0, 0.1) is 16.7 Å². The van der Waals surface area contributed by atoms with Crippen LogP contribution in [0.4, 0.5) is 0 Å². The molecular formula is C13H21NO3. The molecule has 4 nitrogen and oxygen atoms in total. The number of hydrogen-bond donors (Lipinski definition) is 1. The predicted octanol–water partition coefficient (Wildman–Crippen LogP) is 1.63. The van der Waals surface area contributed by atoms with Crippen LogP contribution in [0.3, 0.4) is 0 Å². The highest BCUT2D eigenvalue weighted by atomic mass is 16.5. The summed E-state index contributed by atoms with van der Waals surface area (Å²) in [6.07, 6.45) is 3.83. The predicted molar refractivity (Wildman–Crippen MR) is 62.3 cm³/mol. The van der Waals surface area contributed by atoms with Gasteiger partial charge < -0.3 is 14.6 Å². The van der Waals surface area contributed by atoms with Crippen molar-refractivity contribution in [2.45, 2.75) is 50.7 Å². The quantitative estimate of drug-likeness (QED) is 0.813. The molecule has 17 heavy (non-hydrogen) atoms. The molecule has 3 atom stereocenters. The van der Waals surface area contributed by atoms with Gasteiger partial charge in [-0.2, -0.15) is 5.26 Å². The standard InChI is InChI=1S/C13H21NO3/c1-2-3-11-8-13(15,5-7-17-11)12(9-14)4-6-16-10-12/h11,15H,2-8,10H2,1H3. The smallest absolute Gasteiger partial charge is 0.112 e. The van der Waals surface area contributed by atoms with E-state index in [1.165, 1.54) is 0 Å². The van der Waals surface area contributed by atoms with Crippen molar-refractivity contribution >= 4 is 0 Å². The van der Waals surface area contributed by atoms with E-state index in [9.17, 15) is 10.4 Å². The Morgan fingerprint density at radius 1 is 1.41 bits per heavy atom. The van der Waals surface area contributed by atoms with Gasteiger partial charge >= 0.3 is 0 Å². The zero-order valence-corrected chi connectivity index (χ0v) is 10.4. The first-order chi connectivity index (χ1) is 8.16. The summed E-state index contributed by atoms with van der Waals surface area (Å²) in [6, 6.07) is 2.32. The normalized spacial score (nSPS) is 42.3. The van der Waals surface area contributed by atoms with Gasteiger partial charge in [-0.3, -0.25) is 0 Å². The van der Waals surface area contributed by atoms with E-state index in [2.05, 4.69) is 13.0 Å². The molecular weight excluding hydrogens is 218 g/mol. The maximum absolute atomic E-state index is 10.8. The Hall–Kier alpha value is -0.630. The molecule has 4 heteroatoms. The van der Waals surface area contributed by atoms with Crippen LogP contribution in [0.5, 0.6) is 0 Å². The maximum Gasteiger partial charge on any atom is 0.112 e. The average molecular weight is 239 g/mol. The molecule has 0 bridgehead atoms. The lowest BCUT2D eigenvalue weighted by Gasteiger charge is -2.44. The first kappa shape index (κ1) is 12.8. The molecule has 2 rings (SSSR count). The molecule has 1 N–H and O–H groups in total. The number of nitriles is 1. The molecule has 2 heterocycles. The monoisotopic (exact) mass is 239 g/mol. The van der Waals surface area contributed by atoms with E-state index in [0.29, 0.717) is 39.1 Å². The fraction of sp³-hybridized carbons (Fsp3) is 0.923. The summed E-state index contributed by atoms with van der Waals surface area (Å²) in [7, 11) is 0. The van der Waals surface area contributed by atoms with Gasteiger partial charge in [-0.25, -0.2) is 0 Å². The van der Waals surface area contributed by atoms with E-state index >= 15 is 0 Å². The number of hydrogen-bond acceptors (Lipinski definition) is 4. The van der Waals surface area contributed by atoms with Crippen molar-refractivity contribution in [3.63, 3.8) is 0 Å². The maximum atomic E-state index is 10.8. The third-order valence-electron chi connectivity index (χ3n) is 4.17. The van der Waals surface area contributed by atoms with Gasteiger partial charge in [0.15, 0.2) is 0 Å². The van der Waals surface area contributed by atoms with Crippen LogP contribution in [0.2, 0.25) is 0 Å². The molecule has 3 unspecified atom stereocenters. The second kappa shape index (κ2) is 4.93. The molecule has 0 aromatic carbocycles. The summed E-state index contributed by atoms with van der Waals surface area (Å²) in [5.41, 5.74) is -1.65. The van der Waals surface area contributed by atoms with E-state index < -0.39 is 11.0 Å². The zero-order chi connectivity index (χ0) is 12.4. The molecule has 0 aromatic heterocycles. The van der Waals surface area contributed by atoms with Crippen LogP contribution in [0.25, 0.3) is 0 Å². The second-order valence-corrected chi connectivity index (χ2v) is 5.26. The first-order valence-corrected chi connectivity index (χ1v) is 6.49. The summed E-state index contributed by atoms with van der Waals surface area (Å²) in [5, 5.41) is 20.3. The molecule has 96 valence electrons. The summed E-state index contributed by atoms with van der Waals surface area (Å²) in [5.74, 6) is 0. The van der Waals surface area contributed by atoms with Gasteiger partial charge in [0.25, 0.3) is 0 Å². The molecule has 2 fully saturated rings. The van der Waals surface area contributed by atoms with E-state index in [-0.39, 0.29) is 6.10 Å². The highest BCUT2D eigenvalue weighted by Gasteiger charge is 2.55. The second-order valence-electron chi connectivity index (χ2n) is 5.26. The third kappa shape index (κ3) is 2.20. The number of aliphatic hydroxyl groups is 1. The molecule has 0 aromatic rings. The molecule has 0 radical (unpaired) electrons. The lowest BCUT2D eigenvalue weighted by molar-refractivity contribution is -0.152. The molecule has 0 amide bonds. The Labute approximate surface area is 103 Å². The lowest BCUT2D eigenvalue weighted by Crippen LogP contribution is -2.53. The Balaban J connectivity index is 2.14. The average Bonchev–Trinajstić information content (AvgIpc) is 2.80. The number of ether oxygens (including phenoxy) is 2. The van der Waals surface area contributed by atoms with Crippen molar-refractivity contribution in [1.82, 2.24) is 0 Å². The lowest BCUT2D eigenvalue weighted by atomic mass is 9.67. The van der Waals surface area contributed by atoms with E-state index in [1.807, 2.05) is 0 Å². The fourth-order valence-corrected chi connectivity index (χ4v) is 3.00. The van der Waals surface area contributed by atoms with Crippen LogP contribution in [0.1, 0.15) is 39.0 Å². The van der Waals surface area contributed by atoms with Gasteiger partial charge in [-0.15, -0.1) is 0 Å². The van der Waals surface area contributed by atoms with Crippen molar-refractivity contribution in [3.05, 3.63) is 0 Å². The summed E-state index contributed by atoms with van der Waals surface area (Å²) in [4.78, 5) is 0. The van der Waals surface area contributed by atoms with Gasteiger partial charge in [0.2, 0.25) is 0 Å². The summed E-state index contributed by atoms with van der Waals surface area (Å²) in [6.45, 7) is 3.59. The highest BCUT2D eigenvalue weighted by molar-refractivity contribution is 5.14. The Morgan fingerprint density at radius 3 is 2.82 bits per heavy atom. The number of rotatable bonds is 3. The molecule has 0 saturated carbocycles. The van der Waals surface area contributed by atoms with Crippen molar-refractivity contribution in [2.75, 3.05) is 19.8 Å². The van der Waals surface area contributed by atoms with Crippen molar-refractivity contribution in [2.24, 2.45) is 5.41 Å². The van der Waals surface area contributed by atoms with Crippen LogP contribution in [-0.2, 0) is 9.47 Å². The van der Waals surface area contributed by atoms with Gasteiger partial charge in [-0.05, 0) is 12.8 Å². The molecule has 2 aliphatic rings. The van der Waals surface area contributed by atoms with Crippen LogP contribution >= 0.6 is 0 Å². The van der Waals surface area contributed by atoms with Gasteiger partial charge in [0.1, 0.15) is 5.41 Å². The van der Waals surface area contributed by atoms with Gasteiger partial charge in [0, 0.05) is 26.1 Å². The summed E-state index contributed by atoms with van der Waals surface area (Å²) < 4.78 is 11.0. The minimum atomic E-state index is -0.934. The zero-order valence-electron chi connectivity index (χ0n) is 10.4. The van der Waals surface area contributed by atoms with Crippen LogP contribution in [0.15, 0.2) is 0 Å². The van der Waals surface area contributed by atoms with Gasteiger partial charge in [-0.1, -0.05) is 13.3 Å². The fourth-order valence-electron chi connectivity index (χ4n) is 3.00. The molecule has 0 aliphatic carbocycles. The highest BCUT2D eigenvalue weighted by Crippen LogP contribution is 2.46. The topological polar surface area (TPSA) is 62.5 Å². The number of nitrogens with zero attached hydrogens (tertiary/aromatic N) is 1. The molecule has 2 saturated heterocycles. The first-order valence-electron chi connectivity index (χ1n) is 6.49. The third-order valence-corrected chi connectivity index (χ3v) is 4.17. The Kier molecular flexibility index (Phi) is 3.72. The minimum absolute atomic E-state index is 0.0876. The molecule has 0 spiro atoms. The van der Waals surface area contributed by atoms with Crippen molar-refractivity contribution in [3.8, 4) is 6.07 Å². The summed E-state index contributed by atoms with van der Waals surface area (Å²) >= 11 is 0. The Morgan fingerprint density at radius 2 is 2.24 bits per heavy atom. The van der Waals surface area contributed by atoms with E-state index in [1.54, 1.807) is 0 Å². The van der Waals surface area contributed by atoms with E-state index in [4.69, 9.17) is 9.47 Å². The van der Waals surface area contributed by atoms with E-state index in [0.717, 1.165) is 12.8 Å². The van der Waals surface area contributed by atoms with Crippen LogP contribution < -0.4 is 0 Å².